The van der Waals surface area contributed by atoms with E-state index in [4.69, 9.17) is 16.3 Å². The maximum Gasteiger partial charge on any atom is 0.321 e. The molecule has 1 N–H and O–H groups in total. The third-order valence-corrected chi connectivity index (χ3v) is 3.24. The molecule has 0 aliphatic rings. The summed E-state index contributed by atoms with van der Waals surface area (Å²) in [6, 6.07) is 4.86. The van der Waals surface area contributed by atoms with Gasteiger partial charge in [-0.1, -0.05) is 11.6 Å². The van der Waals surface area contributed by atoms with Crippen LogP contribution in [0, 0.1) is 0 Å². The zero-order valence-corrected chi connectivity index (χ0v) is 12.9. The highest BCUT2D eigenvalue weighted by Crippen LogP contribution is 2.27. The first-order valence-electron chi connectivity index (χ1n) is 6.33. The molecule has 6 nitrogen and oxygen atoms in total. The lowest BCUT2D eigenvalue weighted by atomic mass is 10.3. The Labute approximate surface area is 128 Å². The summed E-state index contributed by atoms with van der Waals surface area (Å²) in [7, 11) is 5.08. The van der Waals surface area contributed by atoms with Gasteiger partial charge in [0, 0.05) is 37.6 Å². The first kappa shape index (κ1) is 15.2. The van der Waals surface area contributed by atoms with Crippen LogP contribution in [0.5, 0.6) is 5.75 Å². The molecule has 0 bridgehead atoms. The average Bonchev–Trinajstić information content (AvgIpc) is 2.86. The monoisotopic (exact) mass is 308 g/mol. The molecule has 2 aromatic rings. The Morgan fingerprint density at radius 2 is 2.29 bits per heavy atom. The van der Waals surface area contributed by atoms with Gasteiger partial charge >= 0.3 is 6.03 Å². The summed E-state index contributed by atoms with van der Waals surface area (Å²) in [6.07, 6.45) is 3.60. The van der Waals surface area contributed by atoms with Crippen molar-refractivity contribution in [2.24, 2.45) is 7.05 Å². The summed E-state index contributed by atoms with van der Waals surface area (Å²) in [5.41, 5.74) is 1.59. The van der Waals surface area contributed by atoms with Crippen LogP contribution in [-0.2, 0) is 13.6 Å². The first-order chi connectivity index (χ1) is 9.99. The fraction of sp³-hybridized carbons (Fsp3) is 0.286. The lowest BCUT2D eigenvalue weighted by Crippen LogP contribution is -2.30. The Balaban J connectivity index is 2.00. The van der Waals surface area contributed by atoms with Crippen molar-refractivity contribution in [2.45, 2.75) is 6.54 Å². The minimum atomic E-state index is -0.219. The number of ether oxygens (including phenoxy) is 1. The van der Waals surface area contributed by atoms with Crippen LogP contribution in [0.1, 0.15) is 5.56 Å². The van der Waals surface area contributed by atoms with E-state index in [0.29, 0.717) is 23.0 Å². The second-order valence-corrected chi connectivity index (χ2v) is 5.06. The predicted octanol–water partition coefficient (Wildman–Crippen LogP) is 2.75. The Morgan fingerprint density at radius 3 is 2.90 bits per heavy atom. The van der Waals surface area contributed by atoms with Gasteiger partial charge in [-0.25, -0.2) is 4.79 Å². The number of rotatable bonds is 4. The van der Waals surface area contributed by atoms with E-state index in [9.17, 15) is 4.79 Å². The number of nitrogens with one attached hydrogen (secondary N) is 1. The SMILES string of the molecule is COc1cc(NC(=O)N(C)Cc2cnn(C)c2)ccc1Cl. The molecule has 0 unspecified atom stereocenters. The molecule has 2 amide bonds. The number of nitrogens with zero attached hydrogens (tertiary/aromatic N) is 3. The van der Waals surface area contributed by atoms with Gasteiger partial charge in [0.25, 0.3) is 0 Å². The first-order valence-corrected chi connectivity index (χ1v) is 6.70. The molecule has 0 radical (unpaired) electrons. The summed E-state index contributed by atoms with van der Waals surface area (Å²) in [5.74, 6) is 0.518. The Hall–Kier alpha value is -2.21. The highest BCUT2D eigenvalue weighted by atomic mass is 35.5. The number of halogens is 1. The number of aryl methyl sites for hydroxylation is 1. The van der Waals surface area contributed by atoms with Gasteiger partial charge in [0.05, 0.1) is 24.9 Å². The van der Waals surface area contributed by atoms with Gasteiger partial charge in [-0.3, -0.25) is 4.68 Å². The number of methoxy groups -OCH3 is 1. The summed E-state index contributed by atoms with van der Waals surface area (Å²) in [5, 5.41) is 7.36. The summed E-state index contributed by atoms with van der Waals surface area (Å²) in [6.45, 7) is 0.477. The van der Waals surface area contributed by atoms with E-state index in [1.54, 1.807) is 41.0 Å². The normalized spacial score (nSPS) is 10.3. The Kier molecular flexibility index (Phi) is 4.70. The standard InChI is InChI=1S/C14H17ClN4O2/c1-18(8-10-7-16-19(2)9-10)14(20)17-11-4-5-12(15)13(6-11)21-3/h4-7,9H,8H2,1-3H3,(H,17,20). The number of aromatic nitrogens is 2. The van der Waals surface area contributed by atoms with E-state index in [1.165, 1.54) is 7.11 Å². The van der Waals surface area contributed by atoms with E-state index >= 15 is 0 Å². The summed E-state index contributed by atoms with van der Waals surface area (Å²) < 4.78 is 6.82. The molecule has 2 rings (SSSR count). The number of anilines is 1. The molecule has 7 heteroatoms. The lowest BCUT2D eigenvalue weighted by molar-refractivity contribution is 0.220. The average molecular weight is 309 g/mol. The third kappa shape index (κ3) is 3.88. The maximum atomic E-state index is 12.1. The number of carbonyl (C=O) groups excluding carboxylic acids is 1. The van der Waals surface area contributed by atoms with Crippen LogP contribution in [0.2, 0.25) is 5.02 Å². The molecule has 0 saturated heterocycles. The molecule has 21 heavy (non-hydrogen) atoms. The van der Waals surface area contributed by atoms with Crippen molar-refractivity contribution in [1.82, 2.24) is 14.7 Å². The van der Waals surface area contributed by atoms with Crippen LogP contribution in [0.15, 0.2) is 30.6 Å². The second-order valence-electron chi connectivity index (χ2n) is 4.66. The quantitative estimate of drug-likeness (QED) is 0.945. The highest BCUT2D eigenvalue weighted by molar-refractivity contribution is 6.32. The summed E-state index contributed by atoms with van der Waals surface area (Å²) in [4.78, 5) is 13.7. The van der Waals surface area contributed by atoms with Gasteiger partial charge in [0.15, 0.2) is 0 Å². The second kappa shape index (κ2) is 6.49. The van der Waals surface area contributed by atoms with Crippen LogP contribution in [0.4, 0.5) is 10.5 Å². The van der Waals surface area contributed by atoms with Crippen LogP contribution >= 0.6 is 11.6 Å². The van der Waals surface area contributed by atoms with Crippen LogP contribution in [0.3, 0.4) is 0 Å². The van der Waals surface area contributed by atoms with Gasteiger partial charge in [0.1, 0.15) is 5.75 Å². The molecular formula is C14H17ClN4O2. The minimum Gasteiger partial charge on any atom is -0.495 e. The fourth-order valence-corrected chi connectivity index (χ4v) is 2.05. The molecule has 1 heterocycles. The van der Waals surface area contributed by atoms with Crippen molar-refractivity contribution in [1.29, 1.82) is 0 Å². The van der Waals surface area contributed by atoms with Crippen LogP contribution < -0.4 is 10.1 Å². The smallest absolute Gasteiger partial charge is 0.321 e. The topological polar surface area (TPSA) is 59.4 Å². The van der Waals surface area contributed by atoms with Crippen molar-refractivity contribution in [3.05, 3.63) is 41.2 Å². The van der Waals surface area contributed by atoms with Crippen molar-refractivity contribution >= 4 is 23.3 Å². The van der Waals surface area contributed by atoms with Gasteiger partial charge in [-0.15, -0.1) is 0 Å². The van der Waals surface area contributed by atoms with Gasteiger partial charge in [-0.2, -0.15) is 5.10 Å². The predicted molar refractivity (Wildman–Crippen MR) is 81.7 cm³/mol. The zero-order valence-electron chi connectivity index (χ0n) is 12.1. The number of hydrogen-bond donors (Lipinski definition) is 1. The van der Waals surface area contributed by atoms with Crippen molar-refractivity contribution < 1.29 is 9.53 Å². The molecule has 1 aromatic heterocycles. The van der Waals surface area contributed by atoms with E-state index in [1.807, 2.05) is 13.2 Å². The van der Waals surface area contributed by atoms with Crippen LogP contribution in [-0.4, -0.2) is 34.9 Å². The molecule has 0 fully saturated rings. The van der Waals surface area contributed by atoms with Crippen molar-refractivity contribution in [3.63, 3.8) is 0 Å². The highest BCUT2D eigenvalue weighted by Gasteiger charge is 2.11. The van der Waals surface area contributed by atoms with Crippen molar-refractivity contribution in [3.8, 4) is 5.75 Å². The van der Waals surface area contributed by atoms with Gasteiger partial charge in [-0.05, 0) is 12.1 Å². The number of urea groups is 1. The molecule has 0 spiro atoms. The van der Waals surface area contributed by atoms with E-state index in [0.717, 1.165) is 5.56 Å². The molecule has 1 aromatic carbocycles. The number of benzene rings is 1. The number of hydrogen-bond acceptors (Lipinski definition) is 3. The van der Waals surface area contributed by atoms with E-state index in [-0.39, 0.29) is 6.03 Å². The Bertz CT molecular complexity index is 642. The van der Waals surface area contributed by atoms with Gasteiger partial charge < -0.3 is 15.0 Å². The van der Waals surface area contributed by atoms with Crippen LogP contribution in [0.25, 0.3) is 0 Å². The largest absolute Gasteiger partial charge is 0.495 e. The molecular weight excluding hydrogens is 292 g/mol. The molecule has 0 aliphatic heterocycles. The zero-order chi connectivity index (χ0) is 15.4. The molecule has 112 valence electrons. The summed E-state index contributed by atoms with van der Waals surface area (Å²) >= 11 is 5.95. The molecule has 0 saturated carbocycles. The molecule has 0 atom stereocenters. The van der Waals surface area contributed by atoms with E-state index in [2.05, 4.69) is 10.4 Å². The third-order valence-electron chi connectivity index (χ3n) is 2.93. The maximum absolute atomic E-state index is 12.1. The molecule has 0 aliphatic carbocycles. The number of amides is 2. The van der Waals surface area contributed by atoms with E-state index < -0.39 is 0 Å². The van der Waals surface area contributed by atoms with Gasteiger partial charge in [0.2, 0.25) is 0 Å². The fourth-order valence-electron chi connectivity index (χ4n) is 1.86. The minimum absolute atomic E-state index is 0.219. The number of carbonyl (C=O) groups is 1. The lowest BCUT2D eigenvalue weighted by Gasteiger charge is -2.17. The van der Waals surface area contributed by atoms with Crippen molar-refractivity contribution in [2.75, 3.05) is 19.5 Å². The Morgan fingerprint density at radius 1 is 1.52 bits per heavy atom.